The van der Waals surface area contributed by atoms with Gasteiger partial charge in [0.1, 0.15) is 6.61 Å². The Labute approximate surface area is 86.3 Å². The molecule has 1 atom stereocenters. The lowest BCUT2D eigenvalue weighted by molar-refractivity contribution is -0.338. The van der Waals surface area contributed by atoms with Gasteiger partial charge in [0.15, 0.2) is 0 Å². The summed E-state index contributed by atoms with van der Waals surface area (Å²) in [7, 11) is 0.445. The molecule has 1 unspecified atom stereocenters. The van der Waals surface area contributed by atoms with Crippen LogP contribution in [0.5, 0.6) is 0 Å². The molecule has 98 valence electrons. The van der Waals surface area contributed by atoms with E-state index in [1.165, 1.54) is 0 Å². The summed E-state index contributed by atoms with van der Waals surface area (Å²) in [4.78, 5) is 0. The fraction of sp³-hybridized carbons (Fsp3) is 1.00. The summed E-state index contributed by atoms with van der Waals surface area (Å²) in [5.41, 5.74) is 0. The van der Waals surface area contributed by atoms with Crippen molar-refractivity contribution in [2.75, 3.05) is 20.3 Å². The van der Waals surface area contributed by atoms with Gasteiger partial charge >= 0.3 is 18.2 Å². The summed E-state index contributed by atoms with van der Waals surface area (Å²) in [6.07, 6.45) is -11.4. The monoisotopic (exact) mass is 258 g/mol. The Kier molecular flexibility index (Phi) is 4.99. The molecule has 0 aliphatic heterocycles. The standard InChI is InChI=1S/C7H9F7O2/c1-15-5(8,7(12,13)14)4-16-3-2-6(9,10)11/h2-4H2,1H3. The highest BCUT2D eigenvalue weighted by Gasteiger charge is 2.57. The molecule has 0 N–H and O–H groups in total. The predicted molar refractivity (Wildman–Crippen MR) is 38.4 cm³/mol. The van der Waals surface area contributed by atoms with Crippen LogP contribution in [0.4, 0.5) is 30.7 Å². The molecule has 2 nitrogen and oxygen atoms in total. The summed E-state index contributed by atoms with van der Waals surface area (Å²) in [5, 5.41) is 0. The smallest absolute Gasteiger partial charge is 0.375 e. The molecule has 0 spiro atoms. The number of rotatable bonds is 5. The van der Waals surface area contributed by atoms with Crippen molar-refractivity contribution in [3.8, 4) is 0 Å². The van der Waals surface area contributed by atoms with Crippen molar-refractivity contribution < 1.29 is 40.2 Å². The SMILES string of the molecule is COC(F)(COCCC(F)(F)F)C(F)(F)F. The molecule has 16 heavy (non-hydrogen) atoms. The summed E-state index contributed by atoms with van der Waals surface area (Å²) in [5.74, 6) is -4.08. The quantitative estimate of drug-likeness (QED) is 0.557. The fourth-order valence-electron chi connectivity index (χ4n) is 0.648. The third-order valence-corrected chi connectivity index (χ3v) is 1.56. The average Bonchev–Trinajstić information content (AvgIpc) is 2.08. The third-order valence-electron chi connectivity index (χ3n) is 1.56. The van der Waals surface area contributed by atoms with Gasteiger partial charge in [-0.2, -0.15) is 30.7 Å². The van der Waals surface area contributed by atoms with E-state index in [4.69, 9.17) is 0 Å². The first-order chi connectivity index (χ1) is 7.02. The zero-order valence-corrected chi connectivity index (χ0v) is 8.08. The minimum Gasteiger partial charge on any atom is -0.375 e. The van der Waals surface area contributed by atoms with Crippen molar-refractivity contribution in [2.24, 2.45) is 0 Å². The Morgan fingerprint density at radius 1 is 0.938 bits per heavy atom. The second-order valence-electron chi connectivity index (χ2n) is 2.85. The molecule has 0 heterocycles. The van der Waals surface area contributed by atoms with E-state index in [-0.39, 0.29) is 0 Å². The molecule has 0 fully saturated rings. The van der Waals surface area contributed by atoms with Crippen LogP contribution in [-0.2, 0) is 9.47 Å². The minimum absolute atomic E-state index is 0.445. The van der Waals surface area contributed by atoms with E-state index in [1.807, 2.05) is 0 Å². The first-order valence-corrected chi connectivity index (χ1v) is 3.97. The molecule has 0 aromatic rings. The van der Waals surface area contributed by atoms with Crippen molar-refractivity contribution in [1.29, 1.82) is 0 Å². The van der Waals surface area contributed by atoms with Crippen molar-refractivity contribution in [2.45, 2.75) is 24.6 Å². The normalized spacial score (nSPS) is 17.2. The molecule has 9 heteroatoms. The molecule has 0 aliphatic carbocycles. The number of alkyl halides is 7. The first kappa shape index (κ1) is 15.4. The van der Waals surface area contributed by atoms with Crippen LogP contribution in [0.15, 0.2) is 0 Å². The topological polar surface area (TPSA) is 18.5 Å². The van der Waals surface area contributed by atoms with Crippen LogP contribution in [0, 0.1) is 0 Å². The van der Waals surface area contributed by atoms with Crippen LogP contribution in [0.3, 0.4) is 0 Å². The zero-order chi connectivity index (χ0) is 13.0. The number of hydrogen-bond acceptors (Lipinski definition) is 2. The molecule has 0 amide bonds. The second-order valence-corrected chi connectivity index (χ2v) is 2.85. The Balaban J connectivity index is 4.08. The van der Waals surface area contributed by atoms with Crippen LogP contribution >= 0.6 is 0 Å². The van der Waals surface area contributed by atoms with Crippen LogP contribution in [0.1, 0.15) is 6.42 Å². The maximum absolute atomic E-state index is 12.9. The highest BCUT2D eigenvalue weighted by molar-refractivity contribution is 4.76. The van der Waals surface area contributed by atoms with Gasteiger partial charge in [-0.15, -0.1) is 0 Å². The third kappa shape index (κ3) is 4.97. The molecular weight excluding hydrogens is 249 g/mol. The van der Waals surface area contributed by atoms with Gasteiger partial charge in [-0.1, -0.05) is 0 Å². The maximum Gasteiger partial charge on any atom is 0.450 e. The maximum atomic E-state index is 12.9. The van der Waals surface area contributed by atoms with Crippen LogP contribution in [0.25, 0.3) is 0 Å². The lowest BCUT2D eigenvalue weighted by Crippen LogP contribution is -2.46. The van der Waals surface area contributed by atoms with Crippen LogP contribution < -0.4 is 0 Å². The Hall–Kier alpha value is -0.570. The van der Waals surface area contributed by atoms with E-state index in [0.717, 1.165) is 0 Å². The lowest BCUT2D eigenvalue weighted by atomic mass is 10.3. The summed E-state index contributed by atoms with van der Waals surface area (Å²) < 4.78 is 91.0. The number of ether oxygens (including phenoxy) is 2. The van der Waals surface area contributed by atoms with E-state index in [2.05, 4.69) is 9.47 Å². The molecule has 0 aromatic heterocycles. The Morgan fingerprint density at radius 3 is 1.75 bits per heavy atom. The summed E-state index contributed by atoms with van der Waals surface area (Å²) in [6.45, 7) is -2.70. The highest BCUT2D eigenvalue weighted by Crippen LogP contribution is 2.34. The molecular formula is C7H9F7O2. The van der Waals surface area contributed by atoms with E-state index in [9.17, 15) is 30.7 Å². The number of hydrogen-bond donors (Lipinski definition) is 0. The van der Waals surface area contributed by atoms with Gasteiger partial charge in [0.25, 0.3) is 0 Å². The first-order valence-electron chi connectivity index (χ1n) is 3.97. The average molecular weight is 258 g/mol. The van der Waals surface area contributed by atoms with E-state index < -0.39 is 37.8 Å². The number of halogens is 7. The van der Waals surface area contributed by atoms with Gasteiger partial charge in [-0.05, 0) is 0 Å². The van der Waals surface area contributed by atoms with Gasteiger partial charge in [-0.3, -0.25) is 0 Å². The van der Waals surface area contributed by atoms with Crippen molar-refractivity contribution in [1.82, 2.24) is 0 Å². The molecule has 0 saturated carbocycles. The van der Waals surface area contributed by atoms with Crippen molar-refractivity contribution in [3.63, 3.8) is 0 Å². The van der Waals surface area contributed by atoms with Crippen LogP contribution in [-0.4, -0.2) is 38.5 Å². The van der Waals surface area contributed by atoms with Crippen molar-refractivity contribution in [3.05, 3.63) is 0 Å². The fourth-order valence-corrected chi connectivity index (χ4v) is 0.648. The van der Waals surface area contributed by atoms with Gasteiger partial charge in [0.05, 0.1) is 13.0 Å². The van der Waals surface area contributed by atoms with E-state index in [0.29, 0.717) is 7.11 Å². The molecule has 0 aliphatic rings. The molecule has 0 aromatic carbocycles. The van der Waals surface area contributed by atoms with E-state index >= 15 is 0 Å². The molecule has 0 bridgehead atoms. The van der Waals surface area contributed by atoms with Gasteiger partial charge in [0, 0.05) is 7.11 Å². The molecule has 0 radical (unpaired) electrons. The molecule has 0 rings (SSSR count). The second kappa shape index (κ2) is 5.17. The highest BCUT2D eigenvalue weighted by atomic mass is 19.4. The van der Waals surface area contributed by atoms with E-state index in [1.54, 1.807) is 0 Å². The van der Waals surface area contributed by atoms with Gasteiger partial charge in [-0.25, -0.2) is 0 Å². The minimum atomic E-state index is -5.36. The number of methoxy groups -OCH3 is 1. The predicted octanol–water partition coefficient (Wildman–Crippen LogP) is 2.83. The summed E-state index contributed by atoms with van der Waals surface area (Å²) >= 11 is 0. The van der Waals surface area contributed by atoms with Gasteiger partial charge in [0.2, 0.25) is 0 Å². The summed E-state index contributed by atoms with van der Waals surface area (Å²) in [6, 6.07) is 0. The van der Waals surface area contributed by atoms with Crippen molar-refractivity contribution >= 4 is 0 Å². The van der Waals surface area contributed by atoms with Crippen LogP contribution in [0.2, 0.25) is 0 Å². The molecule has 0 saturated heterocycles. The van der Waals surface area contributed by atoms with Gasteiger partial charge < -0.3 is 9.47 Å². The lowest BCUT2D eigenvalue weighted by Gasteiger charge is -2.25. The Bertz CT molecular complexity index is 212. The largest absolute Gasteiger partial charge is 0.450 e. The Morgan fingerprint density at radius 2 is 1.44 bits per heavy atom. The zero-order valence-electron chi connectivity index (χ0n) is 8.08.